The molecule has 7 nitrogen and oxygen atoms in total. The van der Waals surface area contributed by atoms with E-state index < -0.39 is 0 Å². The molecule has 5 heterocycles. The Morgan fingerprint density at radius 1 is 1.23 bits per heavy atom. The van der Waals surface area contributed by atoms with Gasteiger partial charge < -0.3 is 13.9 Å². The highest BCUT2D eigenvalue weighted by atomic mass is 16.3. The standard InChI is InChI=1S/C24H31N5O2/c1-26(8-7-18-11-25-27(2)12-18)15-20-5-6-23-21-10-19(14-29(23)24(20)30)13-28(16-21)17-22-4-3-9-31-22/h3-6,9,11-12,19,21H,7-8,10,13-17H2,1-2H3/t19-,21+/m0/s1. The lowest BCUT2D eigenvalue weighted by Gasteiger charge is -2.42. The number of furan rings is 1. The van der Waals surface area contributed by atoms with Crippen molar-refractivity contribution in [2.75, 3.05) is 26.7 Å². The molecule has 3 aromatic heterocycles. The molecule has 0 spiro atoms. The van der Waals surface area contributed by atoms with E-state index in [9.17, 15) is 4.79 Å². The van der Waals surface area contributed by atoms with Crippen LogP contribution in [0.4, 0.5) is 0 Å². The Kier molecular flexibility index (Phi) is 5.54. The average molecular weight is 422 g/mol. The lowest BCUT2D eigenvalue weighted by Crippen LogP contribution is -2.47. The SMILES string of the molecule is CN(CCc1cnn(C)c1)Cc1ccc2n(c1=O)C[C@H]1C[C@@H]2CN(Cc2ccco2)C1. The molecule has 2 aliphatic heterocycles. The van der Waals surface area contributed by atoms with E-state index in [0.717, 1.165) is 50.5 Å². The third-order valence-electron chi connectivity index (χ3n) is 6.70. The van der Waals surface area contributed by atoms with Gasteiger partial charge in [-0.3, -0.25) is 14.4 Å². The zero-order valence-corrected chi connectivity index (χ0v) is 18.4. The lowest BCUT2D eigenvalue weighted by molar-refractivity contribution is 0.107. The molecule has 1 saturated heterocycles. The summed E-state index contributed by atoms with van der Waals surface area (Å²) in [5.74, 6) is 1.96. The topological polar surface area (TPSA) is 59.4 Å². The fourth-order valence-corrected chi connectivity index (χ4v) is 5.25. The zero-order chi connectivity index (χ0) is 21.4. The normalized spacial score (nSPS) is 20.9. The molecule has 2 aliphatic rings. The number of nitrogens with zero attached hydrogens (tertiary/aromatic N) is 5. The number of aromatic nitrogens is 3. The van der Waals surface area contributed by atoms with E-state index in [4.69, 9.17) is 4.42 Å². The van der Waals surface area contributed by atoms with E-state index in [1.165, 1.54) is 17.7 Å². The van der Waals surface area contributed by atoms with Crippen LogP contribution in [0, 0.1) is 5.92 Å². The van der Waals surface area contributed by atoms with Crippen molar-refractivity contribution in [1.82, 2.24) is 24.1 Å². The quantitative estimate of drug-likeness (QED) is 0.587. The van der Waals surface area contributed by atoms with E-state index in [-0.39, 0.29) is 5.56 Å². The van der Waals surface area contributed by atoms with Crippen LogP contribution in [0.15, 0.2) is 52.1 Å². The lowest BCUT2D eigenvalue weighted by atomic mass is 9.83. The smallest absolute Gasteiger partial charge is 0.255 e. The van der Waals surface area contributed by atoms with Crippen LogP contribution in [0.3, 0.4) is 0 Å². The molecule has 7 heteroatoms. The second kappa shape index (κ2) is 8.48. The van der Waals surface area contributed by atoms with Crippen LogP contribution in [-0.4, -0.2) is 50.8 Å². The maximum atomic E-state index is 13.3. The Labute approximate surface area is 182 Å². The van der Waals surface area contributed by atoms with E-state index in [2.05, 4.69) is 44.8 Å². The molecular weight excluding hydrogens is 390 g/mol. The van der Waals surface area contributed by atoms with Crippen molar-refractivity contribution in [3.05, 3.63) is 75.9 Å². The predicted octanol–water partition coefficient (Wildman–Crippen LogP) is 2.47. The maximum absolute atomic E-state index is 13.3. The number of rotatable bonds is 7. The van der Waals surface area contributed by atoms with Gasteiger partial charge in [0, 0.05) is 63.1 Å². The number of piperidine rings is 1. The minimum Gasteiger partial charge on any atom is -0.468 e. The van der Waals surface area contributed by atoms with Crippen LogP contribution >= 0.6 is 0 Å². The van der Waals surface area contributed by atoms with Gasteiger partial charge in [0.1, 0.15) is 5.76 Å². The Balaban J connectivity index is 1.26. The van der Waals surface area contributed by atoms with Crippen LogP contribution in [0.5, 0.6) is 0 Å². The molecule has 0 saturated carbocycles. The van der Waals surface area contributed by atoms with E-state index in [0.29, 0.717) is 18.4 Å². The van der Waals surface area contributed by atoms with Gasteiger partial charge in [-0.2, -0.15) is 5.10 Å². The second-order valence-corrected chi connectivity index (χ2v) is 9.28. The maximum Gasteiger partial charge on any atom is 0.255 e. The predicted molar refractivity (Wildman–Crippen MR) is 119 cm³/mol. The molecule has 2 atom stereocenters. The molecular formula is C24H31N5O2. The summed E-state index contributed by atoms with van der Waals surface area (Å²) in [6.45, 7) is 5.27. The summed E-state index contributed by atoms with van der Waals surface area (Å²) >= 11 is 0. The second-order valence-electron chi connectivity index (χ2n) is 9.28. The van der Waals surface area contributed by atoms with Gasteiger partial charge in [-0.05, 0) is 49.6 Å². The number of pyridine rings is 1. The van der Waals surface area contributed by atoms with Gasteiger partial charge in [-0.1, -0.05) is 6.07 Å². The van der Waals surface area contributed by atoms with E-state index >= 15 is 0 Å². The highest BCUT2D eigenvalue weighted by molar-refractivity contribution is 5.22. The summed E-state index contributed by atoms with van der Waals surface area (Å²) in [7, 11) is 4.02. The van der Waals surface area contributed by atoms with Gasteiger partial charge in [-0.15, -0.1) is 0 Å². The zero-order valence-electron chi connectivity index (χ0n) is 18.4. The van der Waals surface area contributed by atoms with Crippen LogP contribution in [0.1, 0.15) is 34.9 Å². The fraction of sp³-hybridized carbons (Fsp3) is 0.500. The van der Waals surface area contributed by atoms with Crippen molar-refractivity contribution in [3.8, 4) is 0 Å². The number of hydrogen-bond donors (Lipinski definition) is 0. The van der Waals surface area contributed by atoms with Gasteiger partial charge in [0.15, 0.2) is 0 Å². The Morgan fingerprint density at radius 3 is 2.90 bits per heavy atom. The molecule has 3 aromatic rings. The molecule has 0 aliphatic carbocycles. The third-order valence-corrected chi connectivity index (χ3v) is 6.70. The number of likely N-dealkylation sites (tertiary alicyclic amines) is 1. The molecule has 0 amide bonds. The molecule has 2 bridgehead atoms. The van der Waals surface area contributed by atoms with Gasteiger partial charge in [0.05, 0.1) is 19.0 Å². The van der Waals surface area contributed by atoms with Crippen molar-refractivity contribution in [2.24, 2.45) is 13.0 Å². The molecule has 0 unspecified atom stereocenters. The van der Waals surface area contributed by atoms with Crippen molar-refractivity contribution in [2.45, 2.75) is 38.4 Å². The molecule has 0 N–H and O–H groups in total. The van der Waals surface area contributed by atoms with Crippen molar-refractivity contribution in [3.63, 3.8) is 0 Å². The molecule has 31 heavy (non-hydrogen) atoms. The number of aryl methyl sites for hydroxylation is 1. The molecule has 0 aromatic carbocycles. The summed E-state index contributed by atoms with van der Waals surface area (Å²) in [5.41, 5.74) is 3.51. The Bertz CT molecular complexity index is 1080. The largest absolute Gasteiger partial charge is 0.468 e. The average Bonchev–Trinajstić information content (AvgIpc) is 3.40. The number of fused-ring (bicyclic) bond motifs is 4. The summed E-state index contributed by atoms with van der Waals surface area (Å²) in [5, 5.41) is 4.23. The van der Waals surface area contributed by atoms with Crippen LogP contribution in [0.25, 0.3) is 0 Å². The van der Waals surface area contributed by atoms with Gasteiger partial charge >= 0.3 is 0 Å². The fourth-order valence-electron chi connectivity index (χ4n) is 5.25. The molecule has 1 fully saturated rings. The third kappa shape index (κ3) is 4.38. The minimum absolute atomic E-state index is 0.194. The first-order chi connectivity index (χ1) is 15.0. The first-order valence-electron chi connectivity index (χ1n) is 11.2. The number of likely N-dealkylation sites (N-methyl/N-ethyl adjacent to an activating group) is 1. The van der Waals surface area contributed by atoms with Gasteiger partial charge in [-0.25, -0.2) is 0 Å². The summed E-state index contributed by atoms with van der Waals surface area (Å²) in [4.78, 5) is 18.0. The Hall–Kier alpha value is -2.64. The highest BCUT2D eigenvalue weighted by Gasteiger charge is 2.35. The van der Waals surface area contributed by atoms with Crippen molar-refractivity contribution < 1.29 is 4.42 Å². The first-order valence-corrected chi connectivity index (χ1v) is 11.2. The van der Waals surface area contributed by atoms with Crippen LogP contribution < -0.4 is 5.56 Å². The van der Waals surface area contributed by atoms with Gasteiger partial charge in [0.2, 0.25) is 0 Å². The molecule has 0 radical (unpaired) electrons. The molecule has 5 rings (SSSR count). The summed E-state index contributed by atoms with van der Waals surface area (Å²) < 4.78 is 9.44. The van der Waals surface area contributed by atoms with E-state index in [1.807, 2.05) is 30.1 Å². The summed E-state index contributed by atoms with van der Waals surface area (Å²) in [6.07, 6.45) is 7.82. The van der Waals surface area contributed by atoms with Crippen molar-refractivity contribution >= 4 is 0 Å². The van der Waals surface area contributed by atoms with Crippen LogP contribution in [-0.2, 0) is 33.1 Å². The summed E-state index contributed by atoms with van der Waals surface area (Å²) in [6, 6.07) is 8.24. The monoisotopic (exact) mass is 421 g/mol. The highest BCUT2D eigenvalue weighted by Crippen LogP contribution is 2.35. The first kappa shape index (κ1) is 20.3. The number of hydrogen-bond acceptors (Lipinski definition) is 5. The minimum atomic E-state index is 0.194. The van der Waals surface area contributed by atoms with E-state index in [1.54, 1.807) is 6.26 Å². The van der Waals surface area contributed by atoms with Crippen molar-refractivity contribution in [1.29, 1.82) is 0 Å². The Morgan fingerprint density at radius 2 is 2.13 bits per heavy atom. The van der Waals surface area contributed by atoms with Crippen LogP contribution in [0.2, 0.25) is 0 Å². The molecule has 164 valence electrons. The van der Waals surface area contributed by atoms with Gasteiger partial charge in [0.25, 0.3) is 5.56 Å².